The molecule has 1 saturated heterocycles. The molecular formula is C17H20F2N4O. The minimum Gasteiger partial charge on any atom is -0.378 e. The van der Waals surface area contributed by atoms with Gasteiger partial charge in [-0.05, 0) is 25.1 Å². The number of nitrogens with zero attached hydrogens (tertiary/aromatic N) is 3. The van der Waals surface area contributed by atoms with E-state index in [1.807, 2.05) is 0 Å². The molecule has 1 aromatic heterocycles. The molecule has 7 heteroatoms. The highest BCUT2D eigenvalue weighted by Gasteiger charge is 2.14. The first kappa shape index (κ1) is 16.7. The van der Waals surface area contributed by atoms with Crippen LogP contribution in [0, 0.1) is 11.6 Å². The number of nitrogens with one attached hydrogen (secondary N) is 1. The maximum Gasteiger partial charge on any atom is 0.225 e. The van der Waals surface area contributed by atoms with Crippen LogP contribution in [0.3, 0.4) is 0 Å². The van der Waals surface area contributed by atoms with Crippen LogP contribution in [-0.4, -0.2) is 36.3 Å². The molecule has 0 saturated carbocycles. The summed E-state index contributed by atoms with van der Waals surface area (Å²) < 4.78 is 32.3. The molecule has 0 radical (unpaired) electrons. The fourth-order valence-corrected chi connectivity index (χ4v) is 2.59. The van der Waals surface area contributed by atoms with E-state index in [4.69, 9.17) is 4.74 Å². The van der Waals surface area contributed by atoms with Crippen LogP contribution in [-0.2, 0) is 11.3 Å². The van der Waals surface area contributed by atoms with Crippen molar-refractivity contribution in [3.63, 3.8) is 0 Å². The Hall–Kier alpha value is -2.12. The van der Waals surface area contributed by atoms with E-state index in [-0.39, 0.29) is 6.04 Å². The summed E-state index contributed by atoms with van der Waals surface area (Å²) in [7, 11) is 0. The van der Waals surface area contributed by atoms with E-state index in [1.165, 1.54) is 6.07 Å². The van der Waals surface area contributed by atoms with Crippen LogP contribution in [0.5, 0.6) is 0 Å². The predicted octanol–water partition coefficient (Wildman–Crippen LogP) is 2.44. The van der Waals surface area contributed by atoms with Crippen LogP contribution in [0.2, 0.25) is 0 Å². The number of hydrogen-bond donors (Lipinski definition) is 1. The standard InChI is InChI=1S/C17H20F2N4O/c1-12(15-8-14(18)2-3-16(15)19)20-9-13-10-21-17(22-11-13)23-4-6-24-7-5-23/h2-3,8,10-12,20H,4-7,9H2,1H3. The van der Waals surface area contributed by atoms with E-state index in [0.29, 0.717) is 31.3 Å². The lowest BCUT2D eigenvalue weighted by Crippen LogP contribution is -2.37. The first-order valence-corrected chi connectivity index (χ1v) is 7.95. The van der Waals surface area contributed by atoms with Gasteiger partial charge >= 0.3 is 0 Å². The average molecular weight is 334 g/mol. The third-order valence-corrected chi connectivity index (χ3v) is 4.02. The van der Waals surface area contributed by atoms with Crippen LogP contribution < -0.4 is 10.2 Å². The minimum atomic E-state index is -0.446. The second-order valence-electron chi connectivity index (χ2n) is 5.76. The number of anilines is 1. The Labute approximate surface area is 139 Å². The van der Waals surface area contributed by atoms with Crippen LogP contribution in [0.25, 0.3) is 0 Å². The fraction of sp³-hybridized carbons (Fsp3) is 0.412. The second kappa shape index (κ2) is 7.63. The Morgan fingerprint density at radius 1 is 1.21 bits per heavy atom. The van der Waals surface area contributed by atoms with Gasteiger partial charge in [-0.15, -0.1) is 0 Å². The molecule has 24 heavy (non-hydrogen) atoms. The first-order chi connectivity index (χ1) is 11.6. The molecule has 2 heterocycles. The van der Waals surface area contributed by atoms with Gasteiger partial charge in [0.25, 0.3) is 0 Å². The topological polar surface area (TPSA) is 50.3 Å². The number of aromatic nitrogens is 2. The molecule has 1 atom stereocenters. The van der Waals surface area contributed by atoms with Crippen LogP contribution in [0.1, 0.15) is 24.1 Å². The van der Waals surface area contributed by atoms with E-state index < -0.39 is 11.6 Å². The van der Waals surface area contributed by atoms with Crippen LogP contribution >= 0.6 is 0 Å². The smallest absolute Gasteiger partial charge is 0.225 e. The molecule has 1 aromatic carbocycles. The molecule has 0 amide bonds. The summed E-state index contributed by atoms with van der Waals surface area (Å²) in [6.07, 6.45) is 3.50. The molecule has 1 aliphatic heterocycles. The summed E-state index contributed by atoms with van der Waals surface area (Å²) in [5.74, 6) is -0.181. The van der Waals surface area contributed by atoms with Gasteiger partial charge in [0.2, 0.25) is 5.95 Å². The van der Waals surface area contributed by atoms with Gasteiger partial charge in [0.15, 0.2) is 0 Å². The van der Waals surface area contributed by atoms with Crippen LogP contribution in [0.15, 0.2) is 30.6 Å². The lowest BCUT2D eigenvalue weighted by Gasteiger charge is -2.26. The van der Waals surface area contributed by atoms with Gasteiger partial charge in [-0.25, -0.2) is 18.7 Å². The van der Waals surface area contributed by atoms with Crippen molar-refractivity contribution in [2.75, 3.05) is 31.2 Å². The largest absolute Gasteiger partial charge is 0.378 e. The monoisotopic (exact) mass is 334 g/mol. The van der Waals surface area contributed by atoms with E-state index in [2.05, 4.69) is 20.2 Å². The number of morpholine rings is 1. The van der Waals surface area contributed by atoms with Crippen molar-refractivity contribution in [1.29, 1.82) is 0 Å². The van der Waals surface area contributed by atoms with Gasteiger partial charge in [-0.1, -0.05) is 0 Å². The second-order valence-corrected chi connectivity index (χ2v) is 5.76. The summed E-state index contributed by atoms with van der Waals surface area (Å²) >= 11 is 0. The predicted molar refractivity (Wildman–Crippen MR) is 86.7 cm³/mol. The molecule has 0 aliphatic carbocycles. The third kappa shape index (κ3) is 4.04. The molecule has 3 rings (SSSR count). The highest BCUT2D eigenvalue weighted by atomic mass is 19.1. The third-order valence-electron chi connectivity index (χ3n) is 4.02. The van der Waals surface area contributed by atoms with Crippen molar-refractivity contribution in [2.45, 2.75) is 19.5 Å². The normalized spacial score (nSPS) is 16.2. The van der Waals surface area contributed by atoms with Gasteiger partial charge in [-0.3, -0.25) is 0 Å². The Morgan fingerprint density at radius 3 is 2.62 bits per heavy atom. The molecule has 0 bridgehead atoms. The molecule has 5 nitrogen and oxygen atoms in total. The zero-order valence-electron chi connectivity index (χ0n) is 13.5. The van der Waals surface area contributed by atoms with Crippen molar-refractivity contribution >= 4 is 5.95 Å². The van der Waals surface area contributed by atoms with E-state index in [1.54, 1.807) is 19.3 Å². The number of hydrogen-bond acceptors (Lipinski definition) is 5. The summed E-state index contributed by atoms with van der Waals surface area (Å²) in [6, 6.07) is 3.15. The van der Waals surface area contributed by atoms with Gasteiger partial charge in [-0.2, -0.15) is 0 Å². The van der Waals surface area contributed by atoms with Gasteiger partial charge in [0.05, 0.1) is 13.2 Å². The summed E-state index contributed by atoms with van der Waals surface area (Å²) in [5.41, 5.74) is 1.19. The molecule has 1 fully saturated rings. The van der Waals surface area contributed by atoms with E-state index >= 15 is 0 Å². The summed E-state index contributed by atoms with van der Waals surface area (Å²) in [6.45, 7) is 5.20. The zero-order chi connectivity index (χ0) is 16.9. The fourth-order valence-electron chi connectivity index (χ4n) is 2.59. The van der Waals surface area contributed by atoms with Crippen molar-refractivity contribution in [2.24, 2.45) is 0 Å². The lowest BCUT2D eigenvalue weighted by atomic mass is 10.1. The Balaban J connectivity index is 1.59. The van der Waals surface area contributed by atoms with E-state index in [0.717, 1.165) is 30.8 Å². The zero-order valence-corrected chi connectivity index (χ0v) is 13.5. The Kier molecular flexibility index (Phi) is 5.32. The lowest BCUT2D eigenvalue weighted by molar-refractivity contribution is 0.122. The van der Waals surface area contributed by atoms with Crippen LogP contribution in [0.4, 0.5) is 14.7 Å². The maximum atomic E-state index is 13.8. The van der Waals surface area contributed by atoms with Gasteiger partial charge < -0.3 is 15.0 Å². The molecule has 1 N–H and O–H groups in total. The Bertz CT molecular complexity index is 675. The minimum absolute atomic E-state index is 0.306. The molecular weight excluding hydrogens is 314 g/mol. The number of ether oxygens (including phenoxy) is 1. The average Bonchev–Trinajstić information content (AvgIpc) is 2.63. The number of benzene rings is 1. The SMILES string of the molecule is CC(NCc1cnc(N2CCOCC2)nc1)c1cc(F)ccc1F. The molecule has 2 aromatic rings. The van der Waals surface area contributed by atoms with Crippen molar-refractivity contribution < 1.29 is 13.5 Å². The number of halogens is 2. The maximum absolute atomic E-state index is 13.8. The highest BCUT2D eigenvalue weighted by molar-refractivity contribution is 5.30. The molecule has 128 valence electrons. The van der Waals surface area contributed by atoms with E-state index in [9.17, 15) is 8.78 Å². The summed E-state index contributed by atoms with van der Waals surface area (Å²) in [5, 5.41) is 3.16. The van der Waals surface area contributed by atoms with Crippen molar-refractivity contribution in [3.8, 4) is 0 Å². The Morgan fingerprint density at radius 2 is 1.92 bits per heavy atom. The van der Waals surface area contributed by atoms with Gasteiger partial charge in [0, 0.05) is 49.2 Å². The number of rotatable bonds is 5. The van der Waals surface area contributed by atoms with Gasteiger partial charge in [0.1, 0.15) is 11.6 Å². The molecule has 1 aliphatic rings. The molecule has 1 unspecified atom stereocenters. The van der Waals surface area contributed by atoms with Crippen molar-refractivity contribution in [1.82, 2.24) is 15.3 Å². The molecule has 0 spiro atoms. The highest BCUT2D eigenvalue weighted by Crippen LogP contribution is 2.18. The quantitative estimate of drug-likeness (QED) is 0.910. The summed E-state index contributed by atoms with van der Waals surface area (Å²) in [4.78, 5) is 10.8. The van der Waals surface area contributed by atoms with Crippen molar-refractivity contribution in [3.05, 3.63) is 53.4 Å². The first-order valence-electron chi connectivity index (χ1n) is 7.95.